The van der Waals surface area contributed by atoms with Gasteiger partial charge in [0.2, 0.25) is 0 Å². The molecule has 0 spiro atoms. The van der Waals surface area contributed by atoms with Crippen LogP contribution in [0.4, 0.5) is 0 Å². The molecule has 0 bridgehead atoms. The first-order chi connectivity index (χ1) is 10.2. The van der Waals surface area contributed by atoms with E-state index in [1.807, 2.05) is 24.3 Å². The average molecular weight is 346 g/mol. The number of hydrogen-bond donors (Lipinski definition) is 0. The van der Waals surface area contributed by atoms with Crippen molar-refractivity contribution in [3.63, 3.8) is 0 Å². The third kappa shape index (κ3) is 2.29. The van der Waals surface area contributed by atoms with Gasteiger partial charge in [0.05, 0.1) is 24.4 Å². The lowest BCUT2D eigenvalue weighted by molar-refractivity contribution is 0.402. The van der Waals surface area contributed by atoms with Crippen LogP contribution in [-0.4, -0.2) is 18.8 Å². The summed E-state index contributed by atoms with van der Waals surface area (Å²) >= 11 is 3.50. The maximum Gasteiger partial charge on any atom is 0.133 e. The second-order valence-electron chi connectivity index (χ2n) is 4.83. The summed E-state index contributed by atoms with van der Waals surface area (Å²) in [7, 11) is 5.41. The first-order valence-corrected chi connectivity index (χ1v) is 7.41. The molecule has 2 aromatic carbocycles. The van der Waals surface area contributed by atoms with Crippen molar-refractivity contribution in [2.24, 2.45) is 7.05 Å². The van der Waals surface area contributed by atoms with E-state index in [0.29, 0.717) is 0 Å². The average Bonchev–Trinajstić information content (AvgIpc) is 2.84. The number of methoxy groups -OCH3 is 2. The molecular formula is C17H16BrNO2. The zero-order valence-electron chi connectivity index (χ0n) is 12.2. The topological polar surface area (TPSA) is 23.4 Å². The summed E-state index contributed by atoms with van der Waals surface area (Å²) in [4.78, 5) is 0. The molecule has 0 atom stereocenters. The fourth-order valence-electron chi connectivity index (χ4n) is 2.61. The van der Waals surface area contributed by atoms with E-state index < -0.39 is 0 Å². The number of aryl methyl sites for hydroxylation is 1. The highest BCUT2D eigenvalue weighted by molar-refractivity contribution is 9.10. The molecule has 0 aliphatic heterocycles. The molecular weight excluding hydrogens is 330 g/mol. The maximum atomic E-state index is 5.53. The van der Waals surface area contributed by atoms with Crippen molar-refractivity contribution in [3.05, 3.63) is 46.9 Å². The van der Waals surface area contributed by atoms with Gasteiger partial charge in [-0.25, -0.2) is 0 Å². The Hall–Kier alpha value is -1.94. The summed E-state index contributed by atoms with van der Waals surface area (Å²) in [6.07, 6.45) is 0. The number of halogens is 1. The van der Waals surface area contributed by atoms with Gasteiger partial charge >= 0.3 is 0 Å². The Morgan fingerprint density at radius 2 is 1.67 bits per heavy atom. The van der Waals surface area contributed by atoms with Crippen LogP contribution in [0.25, 0.3) is 22.2 Å². The molecule has 108 valence electrons. The lowest BCUT2D eigenvalue weighted by Crippen LogP contribution is -1.96. The van der Waals surface area contributed by atoms with Crippen molar-refractivity contribution in [2.75, 3.05) is 14.2 Å². The summed E-state index contributed by atoms with van der Waals surface area (Å²) in [6.45, 7) is 0. The predicted octanol–water partition coefficient (Wildman–Crippen LogP) is 4.63. The Balaban J connectivity index is 2.29. The van der Waals surface area contributed by atoms with Gasteiger partial charge in [-0.15, -0.1) is 0 Å². The lowest BCUT2D eigenvalue weighted by Gasteiger charge is -2.13. The van der Waals surface area contributed by atoms with Crippen LogP contribution in [0.1, 0.15) is 0 Å². The van der Waals surface area contributed by atoms with E-state index in [4.69, 9.17) is 9.47 Å². The number of ether oxygens (including phenoxy) is 2. The second kappa shape index (κ2) is 5.45. The molecule has 0 saturated carbocycles. The number of rotatable bonds is 3. The minimum absolute atomic E-state index is 0.788. The molecule has 1 aromatic heterocycles. The Kier molecular flexibility index (Phi) is 3.64. The summed E-state index contributed by atoms with van der Waals surface area (Å²) in [6, 6.07) is 14.4. The van der Waals surface area contributed by atoms with Crippen molar-refractivity contribution in [1.82, 2.24) is 4.57 Å². The molecule has 3 nitrogen and oxygen atoms in total. The van der Waals surface area contributed by atoms with Crippen molar-refractivity contribution >= 4 is 26.8 Å². The summed E-state index contributed by atoms with van der Waals surface area (Å²) < 4.78 is 14.0. The predicted molar refractivity (Wildman–Crippen MR) is 89.2 cm³/mol. The van der Waals surface area contributed by atoms with Crippen LogP contribution in [0.5, 0.6) is 11.5 Å². The van der Waals surface area contributed by atoms with Crippen LogP contribution in [0.3, 0.4) is 0 Å². The van der Waals surface area contributed by atoms with Gasteiger partial charge in [-0.05, 0) is 40.2 Å². The molecule has 0 amide bonds. The molecule has 0 unspecified atom stereocenters. The van der Waals surface area contributed by atoms with E-state index in [9.17, 15) is 0 Å². The van der Waals surface area contributed by atoms with Gasteiger partial charge in [-0.2, -0.15) is 0 Å². The van der Waals surface area contributed by atoms with Gasteiger partial charge in [0.15, 0.2) is 0 Å². The molecule has 0 aliphatic carbocycles. The van der Waals surface area contributed by atoms with Crippen LogP contribution in [0, 0.1) is 0 Å². The number of hydrogen-bond acceptors (Lipinski definition) is 2. The fourth-order valence-corrected chi connectivity index (χ4v) is 3.09. The van der Waals surface area contributed by atoms with Crippen LogP contribution in [-0.2, 0) is 7.05 Å². The van der Waals surface area contributed by atoms with E-state index in [0.717, 1.165) is 27.2 Å². The molecule has 0 aliphatic rings. The fraction of sp³-hybridized carbons (Fsp3) is 0.176. The summed E-state index contributed by atoms with van der Waals surface area (Å²) in [5.74, 6) is 1.60. The molecule has 3 rings (SSSR count). The molecule has 3 aromatic rings. The zero-order valence-corrected chi connectivity index (χ0v) is 13.8. The van der Waals surface area contributed by atoms with Crippen molar-refractivity contribution in [3.8, 4) is 22.8 Å². The monoisotopic (exact) mass is 345 g/mol. The van der Waals surface area contributed by atoms with E-state index in [2.05, 4.69) is 45.7 Å². The van der Waals surface area contributed by atoms with Gasteiger partial charge in [0.25, 0.3) is 0 Å². The van der Waals surface area contributed by atoms with E-state index >= 15 is 0 Å². The van der Waals surface area contributed by atoms with Crippen LogP contribution in [0.15, 0.2) is 46.9 Å². The quantitative estimate of drug-likeness (QED) is 0.691. The van der Waals surface area contributed by atoms with E-state index in [-0.39, 0.29) is 0 Å². The van der Waals surface area contributed by atoms with Crippen molar-refractivity contribution < 1.29 is 9.47 Å². The smallest absolute Gasteiger partial charge is 0.133 e. The normalized spacial score (nSPS) is 10.9. The zero-order chi connectivity index (χ0) is 15.0. The highest BCUT2D eigenvalue weighted by Gasteiger charge is 2.15. The number of para-hydroxylation sites is 1. The molecule has 0 fully saturated rings. The van der Waals surface area contributed by atoms with Gasteiger partial charge in [0, 0.05) is 23.5 Å². The second-order valence-corrected chi connectivity index (χ2v) is 5.69. The molecule has 0 radical (unpaired) electrons. The first-order valence-electron chi connectivity index (χ1n) is 6.62. The summed E-state index contributed by atoms with van der Waals surface area (Å²) in [5, 5.41) is 1.21. The van der Waals surface area contributed by atoms with E-state index in [1.54, 1.807) is 14.2 Å². The van der Waals surface area contributed by atoms with Crippen LogP contribution < -0.4 is 9.47 Å². The highest BCUT2D eigenvalue weighted by Crippen LogP contribution is 2.40. The van der Waals surface area contributed by atoms with Gasteiger partial charge in [-0.1, -0.05) is 18.2 Å². The van der Waals surface area contributed by atoms with E-state index in [1.165, 1.54) is 10.9 Å². The third-order valence-corrected chi connectivity index (χ3v) is 4.32. The number of aromatic nitrogens is 1. The lowest BCUT2D eigenvalue weighted by atomic mass is 10.1. The largest absolute Gasteiger partial charge is 0.496 e. The Labute approximate surface area is 132 Å². The molecule has 1 heterocycles. The standard InChI is InChI=1S/C17H16BrNO2/c1-19-14-7-5-4-6-11(14)8-15(19)12-9-17(21-3)13(18)10-16(12)20-2/h4-10H,1-3H3. The Morgan fingerprint density at radius 3 is 2.33 bits per heavy atom. The molecule has 0 saturated heterocycles. The number of fused-ring (bicyclic) bond motifs is 1. The third-order valence-electron chi connectivity index (χ3n) is 3.70. The molecule has 4 heteroatoms. The minimum atomic E-state index is 0.788. The molecule has 21 heavy (non-hydrogen) atoms. The Bertz CT molecular complexity index is 808. The minimum Gasteiger partial charge on any atom is -0.496 e. The summed E-state index contributed by atoms with van der Waals surface area (Å²) in [5.41, 5.74) is 3.30. The van der Waals surface area contributed by atoms with Gasteiger partial charge < -0.3 is 14.0 Å². The molecule has 0 N–H and O–H groups in total. The highest BCUT2D eigenvalue weighted by atomic mass is 79.9. The van der Waals surface area contributed by atoms with Crippen LogP contribution in [0.2, 0.25) is 0 Å². The van der Waals surface area contributed by atoms with Crippen molar-refractivity contribution in [2.45, 2.75) is 0 Å². The van der Waals surface area contributed by atoms with Gasteiger partial charge in [0.1, 0.15) is 11.5 Å². The number of benzene rings is 2. The van der Waals surface area contributed by atoms with Crippen LogP contribution >= 0.6 is 15.9 Å². The Morgan fingerprint density at radius 1 is 0.952 bits per heavy atom. The van der Waals surface area contributed by atoms with Crippen molar-refractivity contribution in [1.29, 1.82) is 0 Å². The van der Waals surface area contributed by atoms with Gasteiger partial charge in [-0.3, -0.25) is 0 Å². The first kappa shape index (κ1) is 14.0. The number of nitrogens with zero attached hydrogens (tertiary/aromatic N) is 1. The maximum absolute atomic E-state index is 5.53. The SMILES string of the molecule is COc1cc(-c2cc3ccccc3n2C)c(OC)cc1Br.